The fraction of sp³-hybridized carbons (Fsp3) is 0.857. The van der Waals surface area contributed by atoms with E-state index in [0.717, 1.165) is 0 Å². The molecule has 12 heavy (non-hydrogen) atoms. The Morgan fingerprint density at radius 1 is 1.50 bits per heavy atom. The zero-order valence-electron chi connectivity index (χ0n) is 7.21. The molecule has 0 radical (unpaired) electrons. The van der Waals surface area contributed by atoms with Crippen LogP contribution in [0.4, 0.5) is 0 Å². The SMILES string of the molecule is CCCS(=O)(=O)NCCCC#N. The van der Waals surface area contributed by atoms with Crippen molar-refractivity contribution in [2.45, 2.75) is 26.2 Å². The van der Waals surface area contributed by atoms with Crippen LogP contribution in [0.5, 0.6) is 0 Å². The minimum Gasteiger partial charge on any atom is -0.215 e. The third-order valence-corrected chi connectivity index (χ3v) is 2.85. The summed E-state index contributed by atoms with van der Waals surface area (Å²) in [6, 6.07) is 1.95. The Kier molecular flexibility index (Phi) is 5.68. The molecule has 0 aromatic rings. The molecular weight excluding hydrogens is 176 g/mol. The van der Waals surface area contributed by atoms with E-state index < -0.39 is 10.0 Å². The zero-order chi connectivity index (χ0) is 9.45. The molecule has 0 saturated carbocycles. The highest BCUT2D eigenvalue weighted by molar-refractivity contribution is 7.89. The number of hydrogen-bond donors (Lipinski definition) is 1. The van der Waals surface area contributed by atoms with Gasteiger partial charge in [-0.2, -0.15) is 5.26 Å². The van der Waals surface area contributed by atoms with Gasteiger partial charge in [-0.25, -0.2) is 13.1 Å². The van der Waals surface area contributed by atoms with Gasteiger partial charge in [-0.15, -0.1) is 0 Å². The molecule has 0 aromatic carbocycles. The van der Waals surface area contributed by atoms with E-state index in [0.29, 0.717) is 25.8 Å². The summed E-state index contributed by atoms with van der Waals surface area (Å²) in [6.45, 7) is 2.18. The molecule has 0 atom stereocenters. The summed E-state index contributed by atoms with van der Waals surface area (Å²) in [6.07, 6.45) is 1.60. The molecule has 0 aliphatic carbocycles. The lowest BCUT2D eigenvalue weighted by Crippen LogP contribution is -2.26. The number of hydrogen-bond acceptors (Lipinski definition) is 3. The van der Waals surface area contributed by atoms with Crippen LogP contribution in [-0.2, 0) is 10.0 Å². The van der Waals surface area contributed by atoms with Gasteiger partial charge < -0.3 is 0 Å². The van der Waals surface area contributed by atoms with Crippen LogP contribution >= 0.6 is 0 Å². The molecule has 0 rings (SSSR count). The van der Waals surface area contributed by atoms with Crippen LogP contribution in [0.3, 0.4) is 0 Å². The van der Waals surface area contributed by atoms with Gasteiger partial charge in [-0.3, -0.25) is 0 Å². The predicted molar refractivity (Wildman–Crippen MR) is 46.9 cm³/mol. The molecule has 0 aromatic heterocycles. The van der Waals surface area contributed by atoms with Gasteiger partial charge >= 0.3 is 0 Å². The van der Waals surface area contributed by atoms with Gasteiger partial charge in [0.1, 0.15) is 0 Å². The first kappa shape index (κ1) is 11.4. The highest BCUT2D eigenvalue weighted by Gasteiger charge is 2.05. The van der Waals surface area contributed by atoms with Crippen molar-refractivity contribution in [2.24, 2.45) is 0 Å². The van der Waals surface area contributed by atoms with Crippen molar-refractivity contribution in [3.05, 3.63) is 0 Å². The largest absolute Gasteiger partial charge is 0.215 e. The summed E-state index contributed by atoms with van der Waals surface area (Å²) < 4.78 is 24.4. The molecule has 70 valence electrons. The second-order valence-electron chi connectivity index (χ2n) is 2.47. The van der Waals surface area contributed by atoms with Gasteiger partial charge in [0.05, 0.1) is 11.8 Å². The van der Waals surface area contributed by atoms with Gasteiger partial charge in [-0.05, 0) is 12.8 Å². The molecule has 1 N–H and O–H groups in total. The van der Waals surface area contributed by atoms with Crippen molar-refractivity contribution < 1.29 is 8.42 Å². The van der Waals surface area contributed by atoms with E-state index >= 15 is 0 Å². The summed E-state index contributed by atoms with van der Waals surface area (Å²) in [7, 11) is -3.07. The first-order valence-electron chi connectivity index (χ1n) is 3.96. The second-order valence-corrected chi connectivity index (χ2v) is 4.40. The maximum absolute atomic E-state index is 11.0. The second kappa shape index (κ2) is 5.98. The molecule has 0 amide bonds. The average molecular weight is 190 g/mol. The molecule has 0 bridgehead atoms. The van der Waals surface area contributed by atoms with Crippen molar-refractivity contribution >= 4 is 10.0 Å². The summed E-state index contributed by atoms with van der Waals surface area (Å²) in [5, 5.41) is 8.17. The summed E-state index contributed by atoms with van der Waals surface area (Å²) in [5.74, 6) is 0.166. The topological polar surface area (TPSA) is 70.0 Å². The Morgan fingerprint density at radius 2 is 2.17 bits per heavy atom. The summed E-state index contributed by atoms with van der Waals surface area (Å²) in [5.41, 5.74) is 0. The van der Waals surface area contributed by atoms with Gasteiger partial charge in [-0.1, -0.05) is 6.92 Å². The van der Waals surface area contributed by atoms with E-state index in [-0.39, 0.29) is 5.75 Å². The highest BCUT2D eigenvalue weighted by Crippen LogP contribution is 1.90. The lowest BCUT2D eigenvalue weighted by molar-refractivity contribution is 0.578. The molecule has 0 unspecified atom stereocenters. The predicted octanol–water partition coefficient (Wildman–Crippen LogP) is 0.620. The van der Waals surface area contributed by atoms with E-state index in [1.54, 1.807) is 0 Å². The van der Waals surface area contributed by atoms with Crippen LogP contribution in [-0.4, -0.2) is 20.7 Å². The summed E-state index contributed by atoms with van der Waals surface area (Å²) >= 11 is 0. The number of nitrogens with zero attached hydrogens (tertiary/aromatic N) is 1. The molecular formula is C7H14N2O2S. The van der Waals surface area contributed by atoms with Crippen LogP contribution in [0.1, 0.15) is 26.2 Å². The van der Waals surface area contributed by atoms with Crippen molar-refractivity contribution in [1.29, 1.82) is 5.26 Å². The van der Waals surface area contributed by atoms with Crippen molar-refractivity contribution in [2.75, 3.05) is 12.3 Å². The van der Waals surface area contributed by atoms with Crippen molar-refractivity contribution in [3.63, 3.8) is 0 Å². The Labute approximate surface area is 73.6 Å². The van der Waals surface area contributed by atoms with Gasteiger partial charge in [0.25, 0.3) is 0 Å². The first-order valence-corrected chi connectivity index (χ1v) is 5.62. The highest BCUT2D eigenvalue weighted by atomic mass is 32.2. The Bertz CT molecular complexity index is 241. The van der Waals surface area contributed by atoms with E-state index in [9.17, 15) is 8.42 Å². The van der Waals surface area contributed by atoms with E-state index in [1.807, 2.05) is 13.0 Å². The van der Waals surface area contributed by atoms with E-state index in [1.165, 1.54) is 0 Å². The molecule has 0 fully saturated rings. The first-order chi connectivity index (χ1) is 5.62. The third-order valence-electron chi connectivity index (χ3n) is 1.26. The molecule has 4 nitrogen and oxygen atoms in total. The lowest BCUT2D eigenvalue weighted by atomic mass is 10.3. The number of unbranched alkanes of at least 4 members (excludes halogenated alkanes) is 1. The minimum absolute atomic E-state index is 0.166. The smallest absolute Gasteiger partial charge is 0.211 e. The maximum atomic E-state index is 11.0. The standard InChI is InChI=1S/C7H14N2O2S/c1-2-7-12(10,11)9-6-4-3-5-8/h9H,2-4,6-7H2,1H3. The number of sulfonamides is 1. The van der Waals surface area contributed by atoms with Crippen LogP contribution in [0, 0.1) is 11.3 Å². The normalized spacial score (nSPS) is 11.0. The molecule has 5 heteroatoms. The summed E-state index contributed by atoms with van der Waals surface area (Å²) in [4.78, 5) is 0. The van der Waals surface area contributed by atoms with Crippen molar-refractivity contribution in [1.82, 2.24) is 4.72 Å². The van der Waals surface area contributed by atoms with Gasteiger partial charge in [0, 0.05) is 13.0 Å². The fourth-order valence-corrected chi connectivity index (χ4v) is 1.87. The quantitative estimate of drug-likeness (QED) is 0.624. The van der Waals surface area contributed by atoms with Crippen LogP contribution in [0.15, 0.2) is 0 Å². The Balaban J connectivity index is 3.57. The Morgan fingerprint density at radius 3 is 2.67 bits per heavy atom. The molecule has 0 aliphatic heterocycles. The number of nitrogens with one attached hydrogen (secondary N) is 1. The molecule has 0 aliphatic rings. The molecule has 0 spiro atoms. The molecule has 0 heterocycles. The monoisotopic (exact) mass is 190 g/mol. The van der Waals surface area contributed by atoms with Crippen molar-refractivity contribution in [3.8, 4) is 6.07 Å². The number of nitriles is 1. The third kappa shape index (κ3) is 6.13. The van der Waals surface area contributed by atoms with E-state index in [2.05, 4.69) is 4.72 Å². The average Bonchev–Trinajstić information content (AvgIpc) is 1.98. The fourth-order valence-electron chi connectivity index (χ4n) is 0.736. The molecule has 0 saturated heterocycles. The van der Waals surface area contributed by atoms with Gasteiger partial charge in [0.15, 0.2) is 0 Å². The maximum Gasteiger partial charge on any atom is 0.211 e. The van der Waals surface area contributed by atoms with E-state index in [4.69, 9.17) is 5.26 Å². The van der Waals surface area contributed by atoms with Crippen LogP contribution < -0.4 is 4.72 Å². The Hall–Kier alpha value is -0.600. The van der Waals surface area contributed by atoms with Crippen LogP contribution in [0.25, 0.3) is 0 Å². The zero-order valence-corrected chi connectivity index (χ0v) is 8.02. The minimum atomic E-state index is -3.07. The number of rotatable bonds is 6. The van der Waals surface area contributed by atoms with Crippen LogP contribution in [0.2, 0.25) is 0 Å². The van der Waals surface area contributed by atoms with Gasteiger partial charge in [0.2, 0.25) is 10.0 Å². The lowest BCUT2D eigenvalue weighted by Gasteiger charge is -2.02.